The molecule has 1 aromatic rings. The second kappa shape index (κ2) is 6.05. The van der Waals surface area contributed by atoms with Crippen LogP contribution in [0.4, 0.5) is 18.9 Å². The van der Waals surface area contributed by atoms with Crippen molar-refractivity contribution >= 4 is 23.3 Å². The highest BCUT2D eigenvalue weighted by molar-refractivity contribution is 7.99. The first kappa shape index (κ1) is 17.5. The van der Waals surface area contributed by atoms with Crippen LogP contribution in [0.2, 0.25) is 0 Å². The first-order chi connectivity index (χ1) is 9.40. The predicted molar refractivity (Wildman–Crippen MR) is 77.7 cm³/mol. The smallest absolute Gasteiger partial charge is 0.258 e. The number of hydrogen-bond acceptors (Lipinski definition) is 4. The molecule has 0 heterocycles. The number of nitro groups is 1. The van der Waals surface area contributed by atoms with Crippen LogP contribution in [0.15, 0.2) is 22.6 Å². The maximum atomic E-state index is 12.8. The van der Waals surface area contributed by atoms with Crippen LogP contribution >= 0.6 is 11.9 Å². The van der Waals surface area contributed by atoms with Crippen molar-refractivity contribution in [3.8, 4) is 0 Å². The van der Waals surface area contributed by atoms with Gasteiger partial charge in [0.2, 0.25) is 0 Å². The molecule has 0 bridgehead atoms. The predicted octanol–water partition coefficient (Wildman–Crippen LogP) is 4.87. The van der Waals surface area contributed by atoms with Gasteiger partial charge in [0.25, 0.3) is 5.69 Å². The van der Waals surface area contributed by atoms with Gasteiger partial charge in [-0.25, -0.2) is 4.40 Å². The highest BCUT2D eigenvalue weighted by Gasteiger charge is 2.33. The van der Waals surface area contributed by atoms with Gasteiger partial charge in [0.15, 0.2) is 0 Å². The van der Waals surface area contributed by atoms with E-state index in [0.717, 1.165) is 12.1 Å². The number of nitrogens with zero attached hydrogens (tertiary/aromatic N) is 2. The SMILES string of the molecule is CC(=NSC(C)(C)C)c1cc([N+](=O)[O-])cc(C(F)(F)F)c1. The lowest BCUT2D eigenvalue weighted by atomic mass is 10.1. The van der Waals surface area contributed by atoms with Crippen molar-refractivity contribution in [3.05, 3.63) is 39.4 Å². The maximum Gasteiger partial charge on any atom is 0.416 e. The summed E-state index contributed by atoms with van der Waals surface area (Å²) in [5.74, 6) is 0. The summed E-state index contributed by atoms with van der Waals surface area (Å²) in [6.07, 6.45) is -4.64. The van der Waals surface area contributed by atoms with Gasteiger partial charge in [-0.3, -0.25) is 10.1 Å². The van der Waals surface area contributed by atoms with Crippen molar-refractivity contribution in [2.45, 2.75) is 38.6 Å². The Balaban J connectivity index is 3.29. The summed E-state index contributed by atoms with van der Waals surface area (Å²) in [5.41, 5.74) is -1.26. The van der Waals surface area contributed by atoms with E-state index in [4.69, 9.17) is 0 Å². The van der Waals surface area contributed by atoms with Gasteiger partial charge in [-0.1, -0.05) is 0 Å². The van der Waals surface area contributed by atoms with Gasteiger partial charge in [0.1, 0.15) is 0 Å². The summed E-state index contributed by atoms with van der Waals surface area (Å²) in [6.45, 7) is 7.24. The summed E-state index contributed by atoms with van der Waals surface area (Å²) >= 11 is 1.20. The Hall–Kier alpha value is -1.57. The molecular weight excluding hydrogens is 305 g/mol. The van der Waals surface area contributed by atoms with Crippen LogP contribution < -0.4 is 0 Å². The molecule has 0 amide bonds. The molecule has 4 nitrogen and oxygen atoms in total. The molecule has 0 aliphatic carbocycles. The Morgan fingerprint density at radius 3 is 2.24 bits per heavy atom. The standard InChI is InChI=1S/C13H15F3N2O2S/c1-8(17-21-12(2,3)4)9-5-10(13(14,15)16)7-11(6-9)18(19)20/h5-7H,1-4H3. The lowest BCUT2D eigenvalue weighted by molar-refractivity contribution is -0.385. The molecule has 0 aliphatic rings. The number of benzene rings is 1. The number of halogens is 3. The molecule has 0 atom stereocenters. The zero-order chi connectivity index (χ0) is 16.4. The second-order valence-electron chi connectivity index (χ2n) is 5.40. The molecule has 1 aromatic carbocycles. The van der Waals surface area contributed by atoms with E-state index >= 15 is 0 Å². The molecule has 0 N–H and O–H groups in total. The van der Waals surface area contributed by atoms with E-state index in [0.29, 0.717) is 11.8 Å². The van der Waals surface area contributed by atoms with Crippen LogP contribution in [-0.4, -0.2) is 15.4 Å². The number of rotatable bonds is 3. The first-order valence-electron chi connectivity index (χ1n) is 6.00. The Morgan fingerprint density at radius 1 is 1.24 bits per heavy atom. The van der Waals surface area contributed by atoms with E-state index in [1.54, 1.807) is 0 Å². The fourth-order valence-corrected chi connectivity index (χ4v) is 1.86. The fourth-order valence-electron chi connectivity index (χ4n) is 1.35. The average Bonchev–Trinajstić information content (AvgIpc) is 2.33. The number of non-ortho nitro benzene ring substituents is 1. The average molecular weight is 320 g/mol. The third kappa shape index (κ3) is 5.37. The van der Waals surface area contributed by atoms with Crippen LogP contribution in [0.1, 0.15) is 38.8 Å². The van der Waals surface area contributed by atoms with Crippen LogP contribution in [0.5, 0.6) is 0 Å². The molecule has 0 aliphatic heterocycles. The van der Waals surface area contributed by atoms with E-state index in [-0.39, 0.29) is 10.3 Å². The van der Waals surface area contributed by atoms with E-state index in [2.05, 4.69) is 4.40 Å². The molecule has 0 spiro atoms. The molecule has 0 fully saturated rings. The fraction of sp³-hybridized carbons (Fsp3) is 0.462. The number of nitro benzene ring substituents is 1. The van der Waals surface area contributed by atoms with Crippen molar-refractivity contribution in [3.63, 3.8) is 0 Å². The molecular formula is C13H15F3N2O2S. The van der Waals surface area contributed by atoms with E-state index in [1.807, 2.05) is 20.8 Å². The lowest BCUT2D eigenvalue weighted by Gasteiger charge is -2.14. The van der Waals surface area contributed by atoms with Gasteiger partial charge in [0, 0.05) is 22.4 Å². The molecule has 0 aromatic heterocycles. The van der Waals surface area contributed by atoms with Crippen LogP contribution in [0.3, 0.4) is 0 Å². The Morgan fingerprint density at radius 2 is 1.81 bits per heavy atom. The van der Waals surface area contributed by atoms with E-state index in [1.165, 1.54) is 18.9 Å². The summed E-state index contributed by atoms with van der Waals surface area (Å²) in [7, 11) is 0. The van der Waals surface area contributed by atoms with Crippen molar-refractivity contribution in [2.75, 3.05) is 0 Å². The summed E-state index contributed by atoms with van der Waals surface area (Å²) < 4.78 is 42.3. The van der Waals surface area contributed by atoms with Crippen molar-refractivity contribution in [1.82, 2.24) is 0 Å². The molecule has 0 saturated heterocycles. The molecule has 1 rings (SSSR count). The zero-order valence-corrected chi connectivity index (χ0v) is 12.8. The Bertz CT molecular complexity index is 578. The Kier molecular flexibility index (Phi) is 5.03. The van der Waals surface area contributed by atoms with Gasteiger partial charge >= 0.3 is 6.18 Å². The molecule has 0 saturated carbocycles. The first-order valence-corrected chi connectivity index (χ1v) is 6.77. The summed E-state index contributed by atoms with van der Waals surface area (Å²) in [6, 6.07) is 2.49. The third-order valence-electron chi connectivity index (χ3n) is 2.33. The van der Waals surface area contributed by atoms with E-state index in [9.17, 15) is 23.3 Å². The summed E-state index contributed by atoms with van der Waals surface area (Å²) in [4.78, 5) is 9.92. The van der Waals surface area contributed by atoms with Crippen LogP contribution in [-0.2, 0) is 6.18 Å². The van der Waals surface area contributed by atoms with Gasteiger partial charge in [-0.2, -0.15) is 13.2 Å². The van der Waals surface area contributed by atoms with Crippen molar-refractivity contribution < 1.29 is 18.1 Å². The van der Waals surface area contributed by atoms with Crippen LogP contribution in [0.25, 0.3) is 0 Å². The maximum absolute atomic E-state index is 12.8. The molecule has 0 unspecified atom stereocenters. The molecule has 21 heavy (non-hydrogen) atoms. The van der Waals surface area contributed by atoms with Gasteiger partial charge in [-0.05, 0) is 45.7 Å². The van der Waals surface area contributed by atoms with Crippen molar-refractivity contribution in [2.24, 2.45) is 4.40 Å². The number of hydrogen-bond donors (Lipinski definition) is 0. The largest absolute Gasteiger partial charge is 0.416 e. The molecule has 8 heteroatoms. The minimum atomic E-state index is -4.64. The molecule has 116 valence electrons. The number of alkyl halides is 3. The lowest BCUT2D eigenvalue weighted by Crippen LogP contribution is -2.09. The van der Waals surface area contributed by atoms with Crippen LogP contribution in [0, 0.1) is 10.1 Å². The Labute approximate surface area is 124 Å². The van der Waals surface area contributed by atoms with Crippen molar-refractivity contribution in [1.29, 1.82) is 0 Å². The molecule has 0 radical (unpaired) electrons. The topological polar surface area (TPSA) is 55.5 Å². The third-order valence-corrected chi connectivity index (χ3v) is 3.24. The van der Waals surface area contributed by atoms with E-state index < -0.39 is 22.4 Å². The minimum Gasteiger partial charge on any atom is -0.258 e. The highest BCUT2D eigenvalue weighted by atomic mass is 32.2. The van der Waals surface area contributed by atoms with Gasteiger partial charge in [-0.15, -0.1) is 0 Å². The quantitative estimate of drug-likeness (QED) is 0.345. The highest BCUT2D eigenvalue weighted by Crippen LogP contribution is 2.33. The van der Waals surface area contributed by atoms with Gasteiger partial charge < -0.3 is 0 Å². The minimum absolute atomic E-state index is 0.0910. The second-order valence-corrected chi connectivity index (χ2v) is 6.99. The normalized spacial score (nSPS) is 13.4. The zero-order valence-electron chi connectivity index (χ0n) is 12.0. The van der Waals surface area contributed by atoms with Gasteiger partial charge in [0.05, 0.1) is 16.2 Å². The summed E-state index contributed by atoms with van der Waals surface area (Å²) in [5, 5.41) is 10.8. The monoisotopic (exact) mass is 320 g/mol.